The van der Waals surface area contributed by atoms with Gasteiger partial charge >= 0.3 is 0 Å². The van der Waals surface area contributed by atoms with Crippen LogP contribution >= 0.6 is 0 Å². The number of benzene rings is 1. The van der Waals surface area contributed by atoms with Crippen LogP contribution in [0.15, 0.2) is 28.7 Å². The molecule has 0 saturated heterocycles. The Kier molecular flexibility index (Phi) is 2.99. The van der Waals surface area contributed by atoms with Gasteiger partial charge in [0, 0.05) is 0 Å². The number of nitrogens with two attached hydrogens (primary N) is 1. The van der Waals surface area contributed by atoms with Gasteiger partial charge in [-0.25, -0.2) is 4.98 Å². The molecule has 1 aromatic carbocycles. The Morgan fingerprint density at radius 1 is 1.40 bits per heavy atom. The molecule has 0 saturated carbocycles. The molecule has 15 heavy (non-hydrogen) atoms. The third kappa shape index (κ3) is 2.16. The first-order chi connectivity index (χ1) is 7.31. The molecule has 1 aromatic heterocycles. The van der Waals surface area contributed by atoms with Crippen molar-refractivity contribution in [1.29, 1.82) is 0 Å². The lowest BCUT2D eigenvalue weighted by Gasteiger charge is -2.03. The summed E-state index contributed by atoms with van der Waals surface area (Å²) in [7, 11) is 0. The molecule has 80 valence electrons. The lowest BCUT2D eigenvalue weighted by atomic mass is 10.2. The van der Waals surface area contributed by atoms with Crippen LogP contribution in [0.3, 0.4) is 0 Å². The predicted octanol–water partition coefficient (Wildman–Crippen LogP) is 1.60. The summed E-state index contributed by atoms with van der Waals surface area (Å²) in [6.45, 7) is 0.567. The summed E-state index contributed by atoms with van der Waals surface area (Å²) < 4.78 is 5.42. The van der Waals surface area contributed by atoms with Gasteiger partial charge in [0.05, 0.1) is 0 Å². The molecule has 0 spiro atoms. The molecule has 0 fully saturated rings. The quantitative estimate of drug-likeness (QED) is 0.797. The number of rotatable bonds is 4. The van der Waals surface area contributed by atoms with E-state index in [2.05, 4.69) is 4.98 Å². The average molecular weight is 206 g/mol. The van der Waals surface area contributed by atoms with Gasteiger partial charge in [-0.05, 0) is 31.5 Å². The topological polar surface area (TPSA) is 72.3 Å². The molecule has 1 atom stereocenters. The maximum Gasteiger partial charge on any atom is 0.224 e. The normalized spacial score (nSPS) is 13.2. The lowest BCUT2D eigenvalue weighted by Crippen LogP contribution is -2.03. The van der Waals surface area contributed by atoms with Gasteiger partial charge in [0.15, 0.2) is 5.58 Å². The van der Waals surface area contributed by atoms with Crippen molar-refractivity contribution in [2.45, 2.75) is 18.9 Å². The molecule has 3 N–H and O–H groups in total. The minimum absolute atomic E-state index is 0.379. The zero-order valence-corrected chi connectivity index (χ0v) is 8.39. The van der Waals surface area contributed by atoms with Crippen LogP contribution in [-0.4, -0.2) is 16.6 Å². The summed E-state index contributed by atoms with van der Waals surface area (Å²) in [6, 6.07) is 7.46. The number of aliphatic hydroxyl groups is 1. The van der Waals surface area contributed by atoms with Crippen molar-refractivity contribution in [2.75, 3.05) is 6.54 Å². The Hall–Kier alpha value is -1.39. The number of fused-ring (bicyclic) bond motifs is 1. The standard InChI is InChI=1S/C11H14N2O2/c12-7-3-5-9(14)11-13-8-4-1-2-6-10(8)15-11/h1-2,4,6,9,14H,3,5,7,12H2. The van der Waals surface area contributed by atoms with Gasteiger partial charge in [0.2, 0.25) is 5.89 Å². The lowest BCUT2D eigenvalue weighted by molar-refractivity contribution is 0.134. The SMILES string of the molecule is NCCCC(O)c1nc2ccccc2o1. The largest absolute Gasteiger partial charge is 0.438 e. The minimum Gasteiger partial charge on any atom is -0.438 e. The number of oxazole rings is 1. The maximum absolute atomic E-state index is 9.74. The fourth-order valence-electron chi connectivity index (χ4n) is 1.47. The van der Waals surface area contributed by atoms with Crippen molar-refractivity contribution in [3.8, 4) is 0 Å². The van der Waals surface area contributed by atoms with Gasteiger partial charge in [-0.1, -0.05) is 12.1 Å². The predicted molar refractivity (Wildman–Crippen MR) is 57.3 cm³/mol. The Labute approximate surface area is 87.7 Å². The van der Waals surface area contributed by atoms with Crippen LogP contribution in [0.1, 0.15) is 24.8 Å². The number of para-hydroxylation sites is 2. The van der Waals surface area contributed by atoms with Crippen LogP contribution in [0.4, 0.5) is 0 Å². The highest BCUT2D eigenvalue weighted by Gasteiger charge is 2.14. The van der Waals surface area contributed by atoms with Crippen molar-refractivity contribution in [3.63, 3.8) is 0 Å². The molecule has 0 aliphatic carbocycles. The van der Waals surface area contributed by atoms with Gasteiger partial charge in [-0.15, -0.1) is 0 Å². The van der Waals surface area contributed by atoms with Gasteiger partial charge in [-0.3, -0.25) is 0 Å². The first kappa shape index (κ1) is 10.1. The van der Waals surface area contributed by atoms with E-state index < -0.39 is 6.10 Å². The van der Waals surface area contributed by atoms with Gasteiger partial charge in [-0.2, -0.15) is 0 Å². The molecule has 4 nitrogen and oxygen atoms in total. The van der Waals surface area contributed by atoms with Crippen LogP contribution in [0.2, 0.25) is 0 Å². The van der Waals surface area contributed by atoms with E-state index in [9.17, 15) is 5.11 Å². The minimum atomic E-state index is -0.652. The molecule has 0 aliphatic heterocycles. The highest BCUT2D eigenvalue weighted by Crippen LogP contribution is 2.22. The molecule has 2 aromatic rings. The molecule has 2 rings (SSSR count). The fraction of sp³-hybridized carbons (Fsp3) is 0.364. The van der Waals surface area contributed by atoms with E-state index in [0.717, 1.165) is 11.9 Å². The van der Waals surface area contributed by atoms with Crippen LogP contribution in [0, 0.1) is 0 Å². The second-order valence-corrected chi connectivity index (χ2v) is 3.47. The van der Waals surface area contributed by atoms with E-state index in [0.29, 0.717) is 24.4 Å². The number of aliphatic hydroxyl groups excluding tert-OH is 1. The summed E-state index contributed by atoms with van der Waals surface area (Å²) >= 11 is 0. The first-order valence-electron chi connectivity index (χ1n) is 5.05. The Balaban J connectivity index is 2.20. The maximum atomic E-state index is 9.74. The molecule has 0 radical (unpaired) electrons. The molecule has 1 heterocycles. The van der Waals surface area contributed by atoms with Crippen molar-refractivity contribution in [3.05, 3.63) is 30.2 Å². The van der Waals surface area contributed by atoms with Crippen LogP contribution in [0.25, 0.3) is 11.1 Å². The Bertz CT molecular complexity index is 406. The Morgan fingerprint density at radius 2 is 2.20 bits per heavy atom. The van der Waals surface area contributed by atoms with E-state index >= 15 is 0 Å². The van der Waals surface area contributed by atoms with Gasteiger partial charge < -0.3 is 15.3 Å². The zero-order valence-electron chi connectivity index (χ0n) is 8.39. The highest BCUT2D eigenvalue weighted by molar-refractivity contribution is 5.72. The summed E-state index contributed by atoms with van der Waals surface area (Å²) in [4.78, 5) is 4.21. The van der Waals surface area contributed by atoms with E-state index in [-0.39, 0.29) is 0 Å². The van der Waals surface area contributed by atoms with E-state index in [4.69, 9.17) is 10.2 Å². The smallest absolute Gasteiger partial charge is 0.224 e. The fourth-order valence-corrected chi connectivity index (χ4v) is 1.47. The summed E-state index contributed by atoms with van der Waals surface area (Å²) in [5.74, 6) is 0.379. The molecule has 0 bridgehead atoms. The van der Waals surface area contributed by atoms with Crippen molar-refractivity contribution < 1.29 is 9.52 Å². The molecule has 0 aliphatic rings. The second kappa shape index (κ2) is 4.42. The van der Waals surface area contributed by atoms with Crippen molar-refractivity contribution >= 4 is 11.1 Å². The van der Waals surface area contributed by atoms with Crippen LogP contribution < -0.4 is 5.73 Å². The van der Waals surface area contributed by atoms with E-state index in [1.165, 1.54) is 0 Å². The first-order valence-corrected chi connectivity index (χ1v) is 5.05. The molecule has 0 amide bonds. The summed E-state index contributed by atoms with van der Waals surface area (Å²) in [5, 5.41) is 9.74. The third-order valence-electron chi connectivity index (χ3n) is 2.28. The molecule has 4 heteroatoms. The Morgan fingerprint density at radius 3 is 2.93 bits per heavy atom. The van der Waals surface area contributed by atoms with Gasteiger partial charge in [0.25, 0.3) is 0 Å². The molecular weight excluding hydrogens is 192 g/mol. The van der Waals surface area contributed by atoms with Crippen LogP contribution in [-0.2, 0) is 0 Å². The van der Waals surface area contributed by atoms with E-state index in [1.807, 2.05) is 24.3 Å². The number of hydrogen-bond acceptors (Lipinski definition) is 4. The monoisotopic (exact) mass is 206 g/mol. The number of aromatic nitrogens is 1. The molecule has 1 unspecified atom stereocenters. The number of hydrogen-bond donors (Lipinski definition) is 2. The third-order valence-corrected chi connectivity index (χ3v) is 2.28. The molecular formula is C11H14N2O2. The van der Waals surface area contributed by atoms with Crippen molar-refractivity contribution in [1.82, 2.24) is 4.98 Å². The summed E-state index contributed by atoms with van der Waals surface area (Å²) in [6.07, 6.45) is 0.699. The highest BCUT2D eigenvalue weighted by atomic mass is 16.4. The van der Waals surface area contributed by atoms with Crippen LogP contribution in [0.5, 0.6) is 0 Å². The number of nitrogens with zero attached hydrogens (tertiary/aromatic N) is 1. The van der Waals surface area contributed by atoms with Crippen molar-refractivity contribution in [2.24, 2.45) is 5.73 Å². The second-order valence-electron chi connectivity index (χ2n) is 3.47. The zero-order chi connectivity index (χ0) is 10.7. The average Bonchev–Trinajstić information content (AvgIpc) is 2.69. The van der Waals surface area contributed by atoms with E-state index in [1.54, 1.807) is 0 Å². The summed E-state index contributed by atoms with van der Waals surface area (Å²) in [5.41, 5.74) is 6.85. The van der Waals surface area contributed by atoms with Gasteiger partial charge in [0.1, 0.15) is 11.6 Å².